The van der Waals surface area contributed by atoms with E-state index in [9.17, 15) is 14.0 Å². The highest BCUT2D eigenvalue weighted by Gasteiger charge is 2.21. The van der Waals surface area contributed by atoms with E-state index in [-0.39, 0.29) is 30.7 Å². The van der Waals surface area contributed by atoms with Gasteiger partial charge >= 0.3 is 5.69 Å². The van der Waals surface area contributed by atoms with Gasteiger partial charge in [0, 0.05) is 19.2 Å². The van der Waals surface area contributed by atoms with E-state index in [1.807, 2.05) is 0 Å². The third-order valence-corrected chi connectivity index (χ3v) is 4.65. The minimum atomic E-state index is -0.606. The number of fused-ring (bicyclic) bond motifs is 1. The molecule has 152 valence electrons. The number of nitrogens with zero attached hydrogens (tertiary/aromatic N) is 4. The Morgan fingerprint density at radius 1 is 1.17 bits per heavy atom. The lowest BCUT2D eigenvalue weighted by atomic mass is 10.2. The molecule has 3 rings (SSSR count). The summed E-state index contributed by atoms with van der Waals surface area (Å²) in [7, 11) is 4.72. The maximum absolute atomic E-state index is 12.9. The van der Waals surface area contributed by atoms with Crippen LogP contribution in [0.5, 0.6) is 11.5 Å². The number of imidazole rings is 1. The summed E-state index contributed by atoms with van der Waals surface area (Å²) in [6.45, 7) is -0.698. The number of rotatable bonds is 7. The van der Waals surface area contributed by atoms with E-state index in [4.69, 9.17) is 15.9 Å². The molecule has 0 saturated heterocycles. The van der Waals surface area contributed by atoms with Gasteiger partial charge in [0.05, 0.1) is 27.4 Å². The molecule has 0 unspecified atom stereocenters. The zero-order valence-electron chi connectivity index (χ0n) is 16.4. The Balaban J connectivity index is 2.34. The summed E-state index contributed by atoms with van der Waals surface area (Å²) in [6, 6.07) is 5.22. The summed E-state index contributed by atoms with van der Waals surface area (Å²) >= 11 is 0. The minimum absolute atomic E-state index is 0.0824. The topological polar surface area (TPSA) is 80.3 Å². The van der Waals surface area contributed by atoms with Gasteiger partial charge in [-0.1, -0.05) is 5.92 Å². The van der Waals surface area contributed by atoms with Gasteiger partial charge in [0.1, 0.15) is 5.82 Å². The number of hydrogen-bond acceptors (Lipinski definition) is 5. The third-order valence-electron chi connectivity index (χ3n) is 4.65. The van der Waals surface area contributed by atoms with Crippen molar-refractivity contribution in [3.05, 3.63) is 39.0 Å². The van der Waals surface area contributed by atoms with Crippen molar-refractivity contribution in [1.82, 2.24) is 18.7 Å². The van der Waals surface area contributed by atoms with Crippen LogP contribution in [0.15, 0.2) is 27.8 Å². The number of terminal acetylenes is 1. The quantitative estimate of drug-likeness (QED) is 0.563. The fraction of sp³-hybridized carbons (Fsp3) is 0.350. The second kappa shape index (κ2) is 8.22. The Labute approximate surface area is 166 Å². The molecule has 0 bridgehead atoms. The van der Waals surface area contributed by atoms with E-state index >= 15 is 0 Å². The Morgan fingerprint density at radius 2 is 1.90 bits per heavy atom. The molecule has 9 heteroatoms. The van der Waals surface area contributed by atoms with Gasteiger partial charge in [-0.2, -0.15) is 0 Å². The fourth-order valence-corrected chi connectivity index (χ4v) is 3.25. The molecular weight excluding hydrogens is 379 g/mol. The minimum Gasteiger partial charge on any atom is -0.493 e. The molecule has 2 heterocycles. The summed E-state index contributed by atoms with van der Waals surface area (Å²) in [5, 5.41) is 0. The molecule has 0 aliphatic rings. The maximum Gasteiger partial charge on any atom is 0.333 e. The first-order chi connectivity index (χ1) is 14.0. The number of alkyl halides is 1. The lowest BCUT2D eigenvalue weighted by molar-refractivity contribution is 0.355. The first-order valence-corrected chi connectivity index (χ1v) is 8.90. The maximum atomic E-state index is 12.9. The number of methoxy groups -OCH3 is 2. The van der Waals surface area contributed by atoms with Crippen LogP contribution < -0.4 is 20.7 Å². The normalized spacial score (nSPS) is 10.9. The predicted molar refractivity (Wildman–Crippen MR) is 107 cm³/mol. The first-order valence-electron chi connectivity index (χ1n) is 8.90. The largest absolute Gasteiger partial charge is 0.493 e. The Kier molecular flexibility index (Phi) is 5.73. The zero-order valence-corrected chi connectivity index (χ0v) is 16.4. The van der Waals surface area contributed by atoms with Crippen molar-refractivity contribution >= 4 is 11.2 Å². The van der Waals surface area contributed by atoms with Crippen molar-refractivity contribution in [2.24, 2.45) is 7.05 Å². The van der Waals surface area contributed by atoms with E-state index < -0.39 is 17.9 Å². The van der Waals surface area contributed by atoms with Crippen LogP contribution in [0, 0.1) is 12.3 Å². The van der Waals surface area contributed by atoms with Gasteiger partial charge in [0.2, 0.25) is 0 Å². The predicted octanol–water partition coefficient (Wildman–Crippen LogP) is 1.57. The van der Waals surface area contributed by atoms with Gasteiger partial charge in [0.15, 0.2) is 22.7 Å². The highest BCUT2D eigenvalue weighted by atomic mass is 19.1. The fourth-order valence-electron chi connectivity index (χ4n) is 3.25. The molecule has 8 nitrogen and oxygen atoms in total. The van der Waals surface area contributed by atoms with Crippen molar-refractivity contribution in [2.45, 2.75) is 19.5 Å². The molecule has 0 fully saturated rings. The second-order valence-electron chi connectivity index (χ2n) is 6.31. The summed E-state index contributed by atoms with van der Waals surface area (Å²) in [4.78, 5) is 30.2. The molecule has 0 radical (unpaired) electrons. The third kappa shape index (κ3) is 3.38. The van der Waals surface area contributed by atoms with Crippen molar-refractivity contribution in [2.75, 3.05) is 20.9 Å². The van der Waals surface area contributed by atoms with E-state index in [1.54, 1.807) is 29.8 Å². The summed E-state index contributed by atoms with van der Waals surface area (Å²) in [5.41, 5.74) is -0.0849. The Morgan fingerprint density at radius 3 is 2.52 bits per heavy atom. The number of aromatic nitrogens is 4. The molecule has 0 saturated carbocycles. The molecule has 0 aliphatic heterocycles. The van der Waals surface area contributed by atoms with Gasteiger partial charge in [-0.05, 0) is 24.6 Å². The number of ether oxygens (including phenoxy) is 2. The van der Waals surface area contributed by atoms with Crippen molar-refractivity contribution < 1.29 is 13.9 Å². The van der Waals surface area contributed by atoms with E-state index in [1.165, 1.54) is 18.8 Å². The van der Waals surface area contributed by atoms with Crippen LogP contribution >= 0.6 is 0 Å². The number of hydrogen-bond donors (Lipinski definition) is 0. The summed E-state index contributed by atoms with van der Waals surface area (Å²) in [5.74, 6) is 3.81. The van der Waals surface area contributed by atoms with Crippen LogP contribution in [-0.2, 0) is 20.1 Å². The molecule has 3 aromatic rings. The van der Waals surface area contributed by atoms with E-state index in [2.05, 4.69) is 10.9 Å². The van der Waals surface area contributed by atoms with Crippen LogP contribution in [0.1, 0.15) is 6.42 Å². The highest BCUT2D eigenvalue weighted by molar-refractivity contribution is 5.77. The smallest absolute Gasteiger partial charge is 0.333 e. The van der Waals surface area contributed by atoms with Crippen LogP contribution in [0.2, 0.25) is 0 Å². The molecule has 29 heavy (non-hydrogen) atoms. The Bertz CT molecular complexity index is 1220. The van der Waals surface area contributed by atoms with Crippen molar-refractivity contribution in [3.63, 3.8) is 0 Å². The number of benzene rings is 1. The average molecular weight is 400 g/mol. The standard InChI is InChI=1S/C20H21FN4O4/c1-5-10-25-19(26)16-18(24(20(25)27)11-6-9-21)22-17(23(16)2)13-7-8-14(28-3)15(12-13)29-4/h1,7-8,12H,6,9-11H2,2-4H3. The molecule has 0 spiro atoms. The monoisotopic (exact) mass is 400 g/mol. The molecule has 0 aliphatic carbocycles. The second-order valence-corrected chi connectivity index (χ2v) is 6.31. The SMILES string of the molecule is C#CCn1c(=O)c2c(nc(-c3ccc(OC)c(OC)c3)n2C)n(CCCF)c1=O. The van der Waals surface area contributed by atoms with Crippen LogP contribution in [0.25, 0.3) is 22.6 Å². The van der Waals surface area contributed by atoms with Crippen LogP contribution in [-0.4, -0.2) is 39.6 Å². The van der Waals surface area contributed by atoms with Crippen LogP contribution in [0.4, 0.5) is 4.39 Å². The molecule has 0 amide bonds. The molecule has 1 aromatic carbocycles. The lowest BCUT2D eigenvalue weighted by Gasteiger charge is -2.10. The van der Waals surface area contributed by atoms with Gasteiger partial charge in [-0.3, -0.25) is 13.8 Å². The van der Waals surface area contributed by atoms with Gasteiger partial charge in [0.25, 0.3) is 5.56 Å². The van der Waals surface area contributed by atoms with Gasteiger partial charge in [-0.25, -0.2) is 14.3 Å². The van der Waals surface area contributed by atoms with Crippen LogP contribution in [0.3, 0.4) is 0 Å². The molecular formula is C20H21FN4O4. The van der Waals surface area contributed by atoms with E-state index in [0.717, 1.165) is 4.57 Å². The van der Waals surface area contributed by atoms with E-state index in [0.29, 0.717) is 22.9 Å². The van der Waals surface area contributed by atoms with Crippen molar-refractivity contribution in [1.29, 1.82) is 0 Å². The number of halogens is 1. The van der Waals surface area contributed by atoms with Gasteiger partial charge < -0.3 is 14.0 Å². The number of aryl methyl sites for hydroxylation is 2. The zero-order chi connectivity index (χ0) is 21.1. The average Bonchev–Trinajstić information content (AvgIpc) is 3.07. The van der Waals surface area contributed by atoms with Gasteiger partial charge in [-0.15, -0.1) is 6.42 Å². The molecule has 0 atom stereocenters. The molecule has 0 N–H and O–H groups in total. The molecule has 2 aromatic heterocycles. The Hall–Kier alpha value is -3.54. The van der Waals surface area contributed by atoms with Crippen molar-refractivity contribution in [3.8, 4) is 35.2 Å². The lowest BCUT2D eigenvalue weighted by Crippen LogP contribution is -2.40. The first kappa shape index (κ1) is 20.2. The highest BCUT2D eigenvalue weighted by Crippen LogP contribution is 2.32. The summed E-state index contributed by atoms with van der Waals surface area (Å²) in [6.07, 6.45) is 5.44. The summed E-state index contributed by atoms with van der Waals surface area (Å²) < 4.78 is 27.2.